The third-order valence-electron chi connectivity index (χ3n) is 12.7. The van der Waals surface area contributed by atoms with Gasteiger partial charge >= 0.3 is 29.8 Å². The molecule has 0 aromatic rings. The summed E-state index contributed by atoms with van der Waals surface area (Å²) < 4.78 is 47.8. The van der Waals surface area contributed by atoms with Crippen LogP contribution in [0.3, 0.4) is 0 Å². The zero-order valence-electron chi connectivity index (χ0n) is 40.1. The van der Waals surface area contributed by atoms with E-state index in [9.17, 15) is 44.4 Å². The van der Waals surface area contributed by atoms with Crippen LogP contribution in [0, 0.1) is 10.8 Å². The fraction of sp³-hybridized carbons (Fsp3) is 0.729. The zero-order valence-corrected chi connectivity index (χ0v) is 40.1. The summed E-state index contributed by atoms with van der Waals surface area (Å²) in [7, 11) is 4.61. The van der Waals surface area contributed by atoms with Crippen LogP contribution in [0.15, 0.2) is 48.1 Å². The van der Waals surface area contributed by atoms with Gasteiger partial charge in [-0.2, -0.15) is 0 Å². The van der Waals surface area contributed by atoms with E-state index in [1.807, 2.05) is 13.0 Å². The number of carbonyl (C=O) groups is 5. The SMILES string of the molecule is CCC/C=C/C=C/C(=O)O[C@H]1/C(=C/C(=O)OC)C[C@H]2C[C@H]([C@@H](C)O)OC(=O)C[C@H](O)C[C@@H]3C[C@H](OC(C)=O)C(C)(C)[C@](O)(C[C@@H]4C[C@H](OC(=O)CN(C)C)C[C@H](/C=C/C(C)(C)[C@]1(O)O2)O4)O3. The van der Waals surface area contributed by atoms with E-state index in [0.717, 1.165) is 26.0 Å². The van der Waals surface area contributed by atoms with Crippen LogP contribution in [0.1, 0.15) is 113 Å². The quantitative estimate of drug-likeness (QED) is 0.0760. The van der Waals surface area contributed by atoms with Gasteiger partial charge < -0.3 is 58.3 Å². The van der Waals surface area contributed by atoms with Gasteiger partial charge in [0.1, 0.15) is 18.3 Å². The molecule has 3 fully saturated rings. The third-order valence-corrected chi connectivity index (χ3v) is 12.7. The molecule has 6 bridgehead atoms. The van der Waals surface area contributed by atoms with Gasteiger partial charge in [0, 0.05) is 63.0 Å². The lowest BCUT2D eigenvalue weighted by Crippen LogP contribution is -2.62. The number of rotatable bonds is 11. The molecule has 0 unspecified atom stereocenters. The molecule has 18 nitrogen and oxygen atoms in total. The number of esters is 5. The Morgan fingerprint density at radius 1 is 0.924 bits per heavy atom. The van der Waals surface area contributed by atoms with Crippen LogP contribution < -0.4 is 0 Å². The number of allylic oxidation sites excluding steroid dienone is 3. The molecule has 4 rings (SSSR count). The Balaban J connectivity index is 1.88. The Morgan fingerprint density at radius 2 is 1.64 bits per heavy atom. The van der Waals surface area contributed by atoms with Gasteiger partial charge in [0.2, 0.25) is 5.79 Å². The zero-order chi connectivity index (χ0) is 49.2. The lowest BCUT2D eigenvalue weighted by atomic mass is 9.70. The molecule has 372 valence electrons. The molecule has 4 aliphatic rings. The Bertz CT molecular complexity index is 1820. The molecule has 4 N–H and O–H groups in total. The molecule has 0 aliphatic carbocycles. The first-order chi connectivity index (χ1) is 30.8. The number of cyclic esters (lactones) is 1. The predicted octanol–water partition coefficient (Wildman–Crippen LogP) is 3.65. The van der Waals surface area contributed by atoms with E-state index in [4.69, 9.17) is 37.9 Å². The van der Waals surface area contributed by atoms with Gasteiger partial charge in [-0.05, 0) is 39.4 Å². The molecule has 0 amide bonds. The maximum atomic E-state index is 13.5. The summed E-state index contributed by atoms with van der Waals surface area (Å²) in [5.41, 5.74) is -2.68. The standard InChI is InChI=1S/C48H73NO17/c1-11-12-13-14-15-16-40(53)64-44-31(20-41(54)59-10)19-35-25-38(29(2)50)63-42(55)22-32(52)21-36-26-39(60-30(3)51)46(6,7)47(57,65-36)27-37-24-34(62-43(56)28-49(8)9)23-33(61-37)17-18-45(4,5)48(44,58)66-35/h13-18,20,29,32-39,44,50,52,57-58H,11-12,19,21-28H2,1-10H3/b14-13+,16-15+,18-17+,31-20+/t29-,32-,33+,34-,35+,36-,37+,38-,39+,44+,47+,48-/m1/s1. The van der Waals surface area contributed by atoms with Crippen molar-refractivity contribution >= 4 is 29.8 Å². The summed E-state index contributed by atoms with van der Waals surface area (Å²) in [6, 6.07) is 0. The van der Waals surface area contributed by atoms with E-state index in [-0.39, 0.29) is 57.1 Å². The van der Waals surface area contributed by atoms with Crippen LogP contribution in [0.4, 0.5) is 0 Å². The van der Waals surface area contributed by atoms with Crippen molar-refractivity contribution in [2.45, 2.75) is 185 Å². The number of likely N-dealkylation sites (N-methyl/N-ethyl adjacent to an activating group) is 1. The van der Waals surface area contributed by atoms with Crippen molar-refractivity contribution in [3.05, 3.63) is 48.1 Å². The number of carbonyl (C=O) groups excluding carboxylic acids is 5. The fourth-order valence-corrected chi connectivity index (χ4v) is 8.86. The second-order valence-corrected chi connectivity index (χ2v) is 19.4. The van der Waals surface area contributed by atoms with Crippen LogP contribution in [-0.2, 0) is 61.9 Å². The molecular weight excluding hydrogens is 863 g/mol. The van der Waals surface area contributed by atoms with Crippen molar-refractivity contribution in [1.82, 2.24) is 4.90 Å². The van der Waals surface area contributed by atoms with Crippen molar-refractivity contribution < 1.29 is 82.3 Å². The van der Waals surface area contributed by atoms with Crippen molar-refractivity contribution in [3.63, 3.8) is 0 Å². The van der Waals surface area contributed by atoms with Gasteiger partial charge in [0.15, 0.2) is 11.9 Å². The van der Waals surface area contributed by atoms with Crippen LogP contribution in [0.5, 0.6) is 0 Å². The smallest absolute Gasteiger partial charge is 0.331 e. The van der Waals surface area contributed by atoms with E-state index in [1.54, 1.807) is 64.9 Å². The number of fused-ring (bicyclic) bond motifs is 6. The highest BCUT2D eigenvalue weighted by molar-refractivity contribution is 5.84. The number of unbranched alkanes of at least 4 members (excludes halogenated alkanes) is 1. The Hall–Kier alpha value is -4.01. The van der Waals surface area contributed by atoms with Gasteiger partial charge in [0.25, 0.3) is 0 Å². The third kappa shape index (κ3) is 14.5. The Labute approximate surface area is 388 Å². The largest absolute Gasteiger partial charge is 0.466 e. The second-order valence-electron chi connectivity index (χ2n) is 19.4. The van der Waals surface area contributed by atoms with Gasteiger partial charge in [-0.1, -0.05) is 71.4 Å². The number of methoxy groups -OCH3 is 1. The molecule has 4 heterocycles. The number of nitrogens with zero attached hydrogens (tertiary/aromatic N) is 1. The molecule has 18 heteroatoms. The molecule has 3 saturated heterocycles. The van der Waals surface area contributed by atoms with Gasteiger partial charge in [-0.15, -0.1) is 0 Å². The van der Waals surface area contributed by atoms with E-state index in [0.29, 0.717) is 0 Å². The number of hydrogen-bond donors (Lipinski definition) is 4. The van der Waals surface area contributed by atoms with Gasteiger partial charge in [-0.3, -0.25) is 19.3 Å². The first kappa shape index (κ1) is 54.6. The molecule has 12 atom stereocenters. The minimum Gasteiger partial charge on any atom is -0.466 e. The first-order valence-corrected chi connectivity index (χ1v) is 22.9. The molecule has 4 aliphatic heterocycles. The maximum absolute atomic E-state index is 13.5. The molecule has 66 heavy (non-hydrogen) atoms. The second kappa shape index (κ2) is 23.3. The van der Waals surface area contributed by atoms with Crippen molar-refractivity contribution in [2.75, 3.05) is 27.7 Å². The van der Waals surface area contributed by atoms with E-state index in [1.165, 1.54) is 26.0 Å². The van der Waals surface area contributed by atoms with Gasteiger partial charge in [0.05, 0.1) is 62.1 Å². The molecule has 0 radical (unpaired) electrons. The highest BCUT2D eigenvalue weighted by Gasteiger charge is 2.59. The number of aliphatic hydroxyl groups is 4. The monoisotopic (exact) mass is 935 g/mol. The molecular formula is C48H73NO17. The minimum atomic E-state index is -2.47. The highest BCUT2D eigenvalue weighted by atomic mass is 16.7. The first-order valence-electron chi connectivity index (χ1n) is 22.9. The molecule has 0 aromatic carbocycles. The predicted molar refractivity (Wildman–Crippen MR) is 237 cm³/mol. The van der Waals surface area contributed by atoms with E-state index >= 15 is 0 Å². The number of ether oxygens (including phenoxy) is 8. The molecule has 0 saturated carbocycles. The van der Waals surface area contributed by atoms with Gasteiger partial charge in [-0.25, -0.2) is 9.59 Å². The summed E-state index contributed by atoms with van der Waals surface area (Å²) in [6.45, 7) is 11.2. The summed E-state index contributed by atoms with van der Waals surface area (Å²) in [4.78, 5) is 67.0. The van der Waals surface area contributed by atoms with E-state index < -0.39 is 120 Å². The highest BCUT2D eigenvalue weighted by Crippen LogP contribution is 2.50. The summed E-state index contributed by atoms with van der Waals surface area (Å²) in [6.07, 6.45) is 0.362. The lowest BCUT2D eigenvalue weighted by Gasteiger charge is -2.54. The fourth-order valence-electron chi connectivity index (χ4n) is 8.86. The van der Waals surface area contributed by atoms with Crippen LogP contribution >= 0.6 is 0 Å². The van der Waals surface area contributed by atoms with Crippen molar-refractivity contribution in [1.29, 1.82) is 0 Å². The lowest BCUT2D eigenvalue weighted by molar-refractivity contribution is -0.350. The van der Waals surface area contributed by atoms with Crippen LogP contribution in [0.2, 0.25) is 0 Å². The Morgan fingerprint density at radius 3 is 2.27 bits per heavy atom. The molecule has 0 spiro atoms. The molecule has 0 aromatic heterocycles. The Kier molecular flexibility index (Phi) is 19.3. The number of aliphatic hydroxyl groups excluding tert-OH is 2. The average Bonchev–Trinajstić information content (AvgIpc) is 3.19. The van der Waals surface area contributed by atoms with Crippen molar-refractivity contribution in [3.8, 4) is 0 Å². The topological polar surface area (TPSA) is 243 Å². The normalized spacial score (nSPS) is 35.7. The maximum Gasteiger partial charge on any atom is 0.331 e. The number of hydrogen-bond acceptors (Lipinski definition) is 18. The van der Waals surface area contributed by atoms with Crippen molar-refractivity contribution in [2.24, 2.45) is 10.8 Å². The summed E-state index contributed by atoms with van der Waals surface area (Å²) in [5.74, 6) is -8.21. The van der Waals surface area contributed by atoms with Crippen LogP contribution in [-0.4, -0.2) is 156 Å². The van der Waals surface area contributed by atoms with E-state index in [2.05, 4.69) is 0 Å². The average molecular weight is 936 g/mol. The summed E-state index contributed by atoms with van der Waals surface area (Å²) >= 11 is 0. The summed E-state index contributed by atoms with van der Waals surface area (Å²) in [5, 5.41) is 47.7. The van der Waals surface area contributed by atoms with Crippen LogP contribution in [0.25, 0.3) is 0 Å². The minimum absolute atomic E-state index is 0.00947.